The lowest BCUT2D eigenvalue weighted by Gasteiger charge is -2.34. The van der Waals surface area contributed by atoms with Crippen LogP contribution in [0.4, 0.5) is 23.7 Å². The van der Waals surface area contributed by atoms with Crippen molar-refractivity contribution in [1.29, 1.82) is 0 Å². The fourth-order valence-corrected chi connectivity index (χ4v) is 5.03. The minimum Gasteiger partial charge on any atom is -0.450 e. The lowest BCUT2D eigenvalue weighted by Crippen LogP contribution is -2.50. The van der Waals surface area contributed by atoms with Gasteiger partial charge in [0.25, 0.3) is 11.8 Å². The van der Waals surface area contributed by atoms with E-state index in [1.54, 1.807) is 48.0 Å². The molecule has 0 unspecified atom stereocenters. The highest BCUT2D eigenvalue weighted by molar-refractivity contribution is 8.04. The summed E-state index contributed by atoms with van der Waals surface area (Å²) in [6.45, 7) is 3.53. The van der Waals surface area contributed by atoms with E-state index in [0.29, 0.717) is 54.5 Å². The second-order valence-corrected chi connectivity index (χ2v) is 9.34. The van der Waals surface area contributed by atoms with Crippen molar-refractivity contribution in [3.63, 3.8) is 0 Å². The van der Waals surface area contributed by atoms with Crippen molar-refractivity contribution in [2.24, 2.45) is 0 Å². The fraction of sp³-hybridized carbons (Fsp3) is 0.320. The topological polar surface area (TPSA) is 70.2 Å². The Hall–Kier alpha value is -3.47. The van der Waals surface area contributed by atoms with E-state index in [1.807, 2.05) is 0 Å². The highest BCUT2D eigenvalue weighted by atomic mass is 32.2. The lowest BCUT2D eigenvalue weighted by molar-refractivity contribution is -0.137. The third kappa shape index (κ3) is 5.35. The van der Waals surface area contributed by atoms with Crippen LogP contribution in [0.2, 0.25) is 0 Å². The number of carbonyl (C=O) groups is 3. The molecule has 2 aliphatic rings. The van der Waals surface area contributed by atoms with Crippen molar-refractivity contribution in [3.8, 4) is 0 Å². The van der Waals surface area contributed by atoms with Gasteiger partial charge in [-0.25, -0.2) is 4.79 Å². The summed E-state index contributed by atoms with van der Waals surface area (Å²) >= 11 is 1.20. The van der Waals surface area contributed by atoms with Crippen LogP contribution in [0.25, 0.3) is 6.08 Å². The molecule has 0 saturated carbocycles. The number of amides is 3. The molecule has 1 saturated heterocycles. The first kappa shape index (κ1) is 25.6. The Morgan fingerprint density at radius 1 is 1.03 bits per heavy atom. The van der Waals surface area contributed by atoms with Gasteiger partial charge >= 0.3 is 12.3 Å². The molecule has 36 heavy (non-hydrogen) atoms. The van der Waals surface area contributed by atoms with Crippen molar-refractivity contribution < 1.29 is 32.3 Å². The number of nitrogens with zero attached hydrogens (tertiary/aromatic N) is 3. The maximum Gasteiger partial charge on any atom is 0.416 e. The van der Waals surface area contributed by atoms with Crippen LogP contribution in [0.3, 0.4) is 0 Å². The van der Waals surface area contributed by atoms with E-state index in [0.717, 1.165) is 17.0 Å². The Bertz CT molecular complexity index is 1210. The van der Waals surface area contributed by atoms with Crippen molar-refractivity contribution in [3.05, 3.63) is 64.1 Å². The Morgan fingerprint density at radius 2 is 1.67 bits per heavy atom. The molecule has 11 heteroatoms. The number of likely N-dealkylation sites (N-methyl/N-ethyl adjacent to an activating group) is 1. The van der Waals surface area contributed by atoms with Gasteiger partial charge in [-0.05, 0) is 48.9 Å². The highest BCUT2D eigenvalue weighted by Crippen LogP contribution is 2.42. The zero-order valence-electron chi connectivity index (χ0n) is 19.7. The van der Waals surface area contributed by atoms with E-state index in [-0.39, 0.29) is 11.8 Å². The molecule has 190 valence electrons. The van der Waals surface area contributed by atoms with Gasteiger partial charge in [-0.1, -0.05) is 23.9 Å². The zero-order valence-corrected chi connectivity index (χ0v) is 20.5. The van der Waals surface area contributed by atoms with E-state index in [1.165, 1.54) is 28.8 Å². The number of fused-ring (bicyclic) bond motifs is 1. The molecule has 4 rings (SSSR count). The molecule has 0 atom stereocenters. The third-order valence-corrected chi connectivity index (χ3v) is 7.01. The molecule has 0 bridgehead atoms. The fourth-order valence-electron chi connectivity index (χ4n) is 3.94. The molecule has 0 spiro atoms. The molecule has 2 aromatic rings. The average Bonchev–Trinajstić information content (AvgIpc) is 2.86. The van der Waals surface area contributed by atoms with Gasteiger partial charge in [0.2, 0.25) is 0 Å². The summed E-state index contributed by atoms with van der Waals surface area (Å²) in [5, 5.41) is 0. The van der Waals surface area contributed by atoms with Gasteiger partial charge in [-0.3, -0.25) is 9.59 Å². The van der Waals surface area contributed by atoms with Crippen LogP contribution in [0.1, 0.15) is 28.4 Å². The normalized spacial score (nSPS) is 17.3. The number of hydrogen-bond donors (Lipinski definition) is 0. The van der Waals surface area contributed by atoms with Crippen molar-refractivity contribution >= 4 is 41.4 Å². The van der Waals surface area contributed by atoms with Crippen LogP contribution in [-0.2, 0) is 15.7 Å². The Labute approximate surface area is 210 Å². The standard InChI is InChI=1S/C25H24F3N3O4S/c1-3-35-24(34)31-12-10-30(11-13-31)22(32)17-6-9-20-19(15-17)29(2)23(33)21(36-20)14-16-4-7-18(8-5-16)25(26,27)28/h4-9,14-15H,3,10-13H2,1-2H3. The predicted octanol–water partition coefficient (Wildman–Crippen LogP) is 4.73. The molecule has 2 aromatic carbocycles. The molecule has 2 heterocycles. The maximum atomic E-state index is 13.1. The molecule has 0 N–H and O–H groups in total. The van der Waals surface area contributed by atoms with E-state index >= 15 is 0 Å². The smallest absolute Gasteiger partial charge is 0.416 e. The molecule has 1 fully saturated rings. The summed E-state index contributed by atoms with van der Waals surface area (Å²) < 4.78 is 43.4. The van der Waals surface area contributed by atoms with Crippen LogP contribution >= 0.6 is 11.8 Å². The van der Waals surface area contributed by atoms with E-state index in [4.69, 9.17) is 4.74 Å². The number of alkyl halides is 3. The largest absolute Gasteiger partial charge is 0.450 e. The first-order chi connectivity index (χ1) is 17.1. The lowest BCUT2D eigenvalue weighted by atomic mass is 10.1. The molecule has 3 amide bonds. The zero-order chi connectivity index (χ0) is 26.0. The predicted molar refractivity (Wildman–Crippen MR) is 130 cm³/mol. The van der Waals surface area contributed by atoms with Crippen LogP contribution in [0.15, 0.2) is 52.3 Å². The summed E-state index contributed by atoms with van der Waals surface area (Å²) in [4.78, 5) is 43.7. The first-order valence-electron chi connectivity index (χ1n) is 11.3. The summed E-state index contributed by atoms with van der Waals surface area (Å²) in [6.07, 6.45) is -3.27. The number of halogens is 3. The van der Waals surface area contributed by atoms with Gasteiger partial charge in [-0.15, -0.1) is 0 Å². The van der Waals surface area contributed by atoms with Crippen molar-refractivity contribution in [2.75, 3.05) is 44.7 Å². The van der Waals surface area contributed by atoms with Gasteiger partial charge in [0, 0.05) is 43.7 Å². The number of thioether (sulfide) groups is 1. The van der Waals surface area contributed by atoms with Crippen molar-refractivity contribution in [1.82, 2.24) is 9.80 Å². The van der Waals surface area contributed by atoms with Gasteiger partial charge in [0.15, 0.2) is 0 Å². The van der Waals surface area contributed by atoms with Crippen LogP contribution in [0, 0.1) is 0 Å². The van der Waals surface area contributed by atoms with Gasteiger partial charge in [-0.2, -0.15) is 13.2 Å². The van der Waals surface area contributed by atoms with Gasteiger partial charge in [0.05, 0.1) is 22.8 Å². The molecular formula is C25H24F3N3O4S. The SMILES string of the molecule is CCOC(=O)N1CCN(C(=O)c2ccc3c(c2)N(C)C(=O)C(=Cc2ccc(C(F)(F)F)cc2)S3)CC1. The first-order valence-corrected chi connectivity index (χ1v) is 12.1. The monoisotopic (exact) mass is 519 g/mol. The Balaban J connectivity index is 1.48. The maximum absolute atomic E-state index is 13.1. The summed E-state index contributed by atoms with van der Waals surface area (Å²) in [6, 6.07) is 9.70. The highest BCUT2D eigenvalue weighted by Gasteiger charge is 2.31. The number of carbonyl (C=O) groups excluding carboxylic acids is 3. The van der Waals surface area contributed by atoms with Crippen LogP contribution in [0.5, 0.6) is 0 Å². The van der Waals surface area contributed by atoms with Gasteiger partial charge in [0.1, 0.15) is 0 Å². The van der Waals surface area contributed by atoms with Crippen LogP contribution < -0.4 is 4.90 Å². The quantitative estimate of drug-likeness (QED) is 0.549. The van der Waals surface area contributed by atoms with Gasteiger partial charge < -0.3 is 19.4 Å². The second kappa shape index (κ2) is 10.3. The molecule has 0 aliphatic carbocycles. The molecule has 2 aliphatic heterocycles. The van der Waals surface area contributed by atoms with E-state index in [9.17, 15) is 27.6 Å². The number of anilines is 1. The molecule has 0 aromatic heterocycles. The number of benzene rings is 2. The number of piperazine rings is 1. The number of hydrogen-bond acceptors (Lipinski definition) is 5. The summed E-state index contributed by atoms with van der Waals surface area (Å²) in [7, 11) is 1.59. The van der Waals surface area contributed by atoms with Crippen LogP contribution in [-0.4, -0.2) is 67.5 Å². The average molecular weight is 520 g/mol. The molecular weight excluding hydrogens is 495 g/mol. The third-order valence-electron chi connectivity index (χ3n) is 5.93. The van der Waals surface area contributed by atoms with E-state index < -0.39 is 17.8 Å². The minimum absolute atomic E-state index is 0.196. The number of ether oxygens (including phenoxy) is 1. The number of rotatable bonds is 3. The molecule has 7 nitrogen and oxygen atoms in total. The van der Waals surface area contributed by atoms with Crippen molar-refractivity contribution in [2.45, 2.75) is 18.0 Å². The Morgan fingerprint density at radius 3 is 2.28 bits per heavy atom. The summed E-state index contributed by atoms with van der Waals surface area (Å²) in [5.41, 5.74) is 0.720. The second-order valence-electron chi connectivity index (χ2n) is 8.26. The Kier molecular flexibility index (Phi) is 7.30. The van der Waals surface area contributed by atoms with E-state index in [2.05, 4.69) is 0 Å². The summed E-state index contributed by atoms with van der Waals surface area (Å²) in [5.74, 6) is -0.515. The minimum atomic E-state index is -4.43. The molecule has 0 radical (unpaired) electrons.